The molecule has 7 heteroatoms. The maximum Gasteiger partial charge on any atom is 0.306 e. The molecule has 0 aliphatic carbocycles. The summed E-state index contributed by atoms with van der Waals surface area (Å²) in [5.41, 5.74) is 2.60. The minimum atomic E-state index is -0.699. The molecule has 0 bridgehead atoms. The fourth-order valence-corrected chi connectivity index (χ4v) is 2.81. The molecule has 1 amide bonds. The zero-order valence-corrected chi connectivity index (χ0v) is 13.8. The number of amides is 1. The molecule has 3 rings (SSSR count). The molecular weight excluding hydrogens is 308 g/mol. The number of hydrogen-bond acceptors (Lipinski definition) is 5. The lowest BCUT2D eigenvalue weighted by molar-refractivity contribution is -0.153. The van der Waals surface area contributed by atoms with E-state index in [2.05, 4.69) is 10.1 Å². The van der Waals surface area contributed by atoms with Crippen molar-refractivity contribution in [1.82, 2.24) is 19.7 Å². The van der Waals surface area contributed by atoms with Gasteiger partial charge >= 0.3 is 5.97 Å². The van der Waals surface area contributed by atoms with Crippen LogP contribution in [0.5, 0.6) is 0 Å². The van der Waals surface area contributed by atoms with E-state index in [4.69, 9.17) is 4.74 Å². The fourth-order valence-electron chi connectivity index (χ4n) is 2.81. The van der Waals surface area contributed by atoms with Gasteiger partial charge in [-0.15, -0.1) is 0 Å². The van der Waals surface area contributed by atoms with Crippen LogP contribution in [0.2, 0.25) is 0 Å². The van der Waals surface area contributed by atoms with Crippen molar-refractivity contribution in [3.8, 4) is 0 Å². The lowest BCUT2D eigenvalue weighted by atomic mass is 10.2. The van der Waals surface area contributed by atoms with Crippen molar-refractivity contribution < 1.29 is 14.3 Å². The van der Waals surface area contributed by atoms with Crippen molar-refractivity contribution in [3.63, 3.8) is 0 Å². The molecule has 1 saturated heterocycles. The maximum absolute atomic E-state index is 12.8. The second-order valence-electron chi connectivity index (χ2n) is 5.93. The van der Waals surface area contributed by atoms with Gasteiger partial charge in [-0.1, -0.05) is 6.07 Å². The van der Waals surface area contributed by atoms with Crippen molar-refractivity contribution in [2.75, 3.05) is 0 Å². The van der Waals surface area contributed by atoms with Gasteiger partial charge in [0, 0.05) is 26.1 Å². The number of rotatable bonds is 5. The van der Waals surface area contributed by atoms with E-state index in [1.54, 1.807) is 15.8 Å². The average Bonchev–Trinajstić information content (AvgIpc) is 3.12. The van der Waals surface area contributed by atoms with Crippen LogP contribution in [0.4, 0.5) is 0 Å². The molecule has 1 atom stereocenters. The highest BCUT2D eigenvalue weighted by atomic mass is 16.6. The van der Waals surface area contributed by atoms with Gasteiger partial charge < -0.3 is 9.64 Å². The molecule has 2 aromatic rings. The van der Waals surface area contributed by atoms with E-state index in [1.807, 2.05) is 38.2 Å². The molecule has 1 aliphatic rings. The number of cyclic esters (lactones) is 1. The Kier molecular flexibility index (Phi) is 4.59. The van der Waals surface area contributed by atoms with E-state index in [-0.39, 0.29) is 11.9 Å². The molecule has 1 unspecified atom stereocenters. The van der Waals surface area contributed by atoms with E-state index in [1.165, 1.54) is 0 Å². The summed E-state index contributed by atoms with van der Waals surface area (Å²) in [6, 6.07) is 7.53. The van der Waals surface area contributed by atoms with Gasteiger partial charge in [0.25, 0.3) is 5.91 Å². The molecule has 0 spiro atoms. The standard InChI is InChI=1S/C17H20N4O3/c1-12-9-14(20(2)19-12)11-21(10-13-5-3-4-8-18-13)17(23)15-6-7-16(22)24-15/h3-5,8-9,15H,6-7,10-11H2,1-2H3. The summed E-state index contributed by atoms with van der Waals surface area (Å²) in [6.07, 6.45) is 1.72. The number of hydrogen-bond donors (Lipinski definition) is 0. The lowest BCUT2D eigenvalue weighted by Gasteiger charge is -2.24. The third-order valence-corrected chi connectivity index (χ3v) is 4.00. The molecule has 1 fully saturated rings. The van der Waals surface area contributed by atoms with Gasteiger partial charge in [-0.3, -0.25) is 19.3 Å². The van der Waals surface area contributed by atoms with Crippen LogP contribution in [-0.2, 0) is 34.5 Å². The van der Waals surface area contributed by atoms with Crippen LogP contribution in [0.25, 0.3) is 0 Å². The highest BCUT2D eigenvalue weighted by Crippen LogP contribution is 2.19. The molecule has 2 aromatic heterocycles. The number of ether oxygens (including phenoxy) is 1. The molecule has 3 heterocycles. The Balaban J connectivity index is 1.81. The first-order valence-electron chi connectivity index (χ1n) is 7.90. The molecular formula is C17H20N4O3. The van der Waals surface area contributed by atoms with Gasteiger partial charge in [-0.25, -0.2) is 0 Å². The number of aryl methyl sites for hydroxylation is 2. The largest absolute Gasteiger partial charge is 0.452 e. The van der Waals surface area contributed by atoms with E-state index in [0.717, 1.165) is 17.1 Å². The summed E-state index contributed by atoms with van der Waals surface area (Å²) >= 11 is 0. The Labute approximate surface area is 140 Å². The van der Waals surface area contributed by atoms with Crippen LogP contribution >= 0.6 is 0 Å². The first kappa shape index (κ1) is 16.2. The topological polar surface area (TPSA) is 77.3 Å². The van der Waals surface area contributed by atoms with E-state index >= 15 is 0 Å². The van der Waals surface area contributed by atoms with Gasteiger partial charge in [-0.2, -0.15) is 5.10 Å². The minimum absolute atomic E-state index is 0.189. The molecule has 0 N–H and O–H groups in total. The smallest absolute Gasteiger partial charge is 0.306 e. The zero-order chi connectivity index (χ0) is 17.1. The minimum Gasteiger partial charge on any atom is -0.452 e. The first-order chi connectivity index (χ1) is 11.5. The van der Waals surface area contributed by atoms with Crippen molar-refractivity contribution in [3.05, 3.63) is 47.5 Å². The summed E-state index contributed by atoms with van der Waals surface area (Å²) in [5.74, 6) is -0.507. The highest BCUT2D eigenvalue weighted by molar-refractivity contribution is 5.86. The van der Waals surface area contributed by atoms with Gasteiger partial charge in [0.05, 0.1) is 30.2 Å². The van der Waals surface area contributed by atoms with Crippen LogP contribution in [0.15, 0.2) is 30.5 Å². The van der Waals surface area contributed by atoms with Crippen molar-refractivity contribution in [2.45, 2.75) is 39.0 Å². The molecule has 0 radical (unpaired) electrons. The van der Waals surface area contributed by atoms with Gasteiger partial charge in [-0.05, 0) is 25.1 Å². The van der Waals surface area contributed by atoms with E-state index in [0.29, 0.717) is 25.9 Å². The highest BCUT2D eigenvalue weighted by Gasteiger charge is 2.33. The molecule has 0 saturated carbocycles. The monoisotopic (exact) mass is 328 g/mol. The zero-order valence-electron chi connectivity index (χ0n) is 13.8. The Hall–Kier alpha value is -2.70. The third-order valence-electron chi connectivity index (χ3n) is 4.00. The second-order valence-corrected chi connectivity index (χ2v) is 5.93. The number of pyridine rings is 1. The SMILES string of the molecule is Cc1cc(CN(Cc2ccccn2)C(=O)C2CCC(=O)O2)n(C)n1. The van der Waals surface area contributed by atoms with Gasteiger partial charge in [0.2, 0.25) is 0 Å². The Bertz CT molecular complexity index is 742. The van der Waals surface area contributed by atoms with E-state index in [9.17, 15) is 9.59 Å². The number of aromatic nitrogens is 3. The summed E-state index contributed by atoms with van der Waals surface area (Å²) in [4.78, 5) is 30.1. The maximum atomic E-state index is 12.8. The number of carbonyl (C=O) groups is 2. The summed E-state index contributed by atoms with van der Waals surface area (Å²) in [7, 11) is 1.85. The predicted molar refractivity (Wildman–Crippen MR) is 85.6 cm³/mol. The lowest BCUT2D eigenvalue weighted by Crippen LogP contribution is -2.38. The normalized spacial score (nSPS) is 16.9. The number of nitrogens with zero attached hydrogens (tertiary/aromatic N) is 4. The van der Waals surface area contributed by atoms with Crippen LogP contribution < -0.4 is 0 Å². The Morgan fingerprint density at radius 3 is 2.83 bits per heavy atom. The Morgan fingerprint density at radius 2 is 2.25 bits per heavy atom. The summed E-state index contributed by atoms with van der Waals surface area (Å²) < 4.78 is 6.90. The van der Waals surface area contributed by atoms with E-state index < -0.39 is 6.10 Å². The summed E-state index contributed by atoms with van der Waals surface area (Å²) in [5, 5.41) is 4.32. The first-order valence-corrected chi connectivity index (χ1v) is 7.90. The van der Waals surface area contributed by atoms with Crippen molar-refractivity contribution >= 4 is 11.9 Å². The number of carbonyl (C=O) groups excluding carboxylic acids is 2. The summed E-state index contributed by atoms with van der Waals surface area (Å²) in [6.45, 7) is 2.66. The van der Waals surface area contributed by atoms with Crippen molar-refractivity contribution in [2.24, 2.45) is 7.05 Å². The van der Waals surface area contributed by atoms with Crippen LogP contribution in [0.3, 0.4) is 0 Å². The predicted octanol–water partition coefficient (Wildman–Crippen LogP) is 1.36. The quantitative estimate of drug-likeness (QED) is 0.775. The van der Waals surface area contributed by atoms with Crippen LogP contribution in [0.1, 0.15) is 29.9 Å². The van der Waals surface area contributed by atoms with Gasteiger partial charge in [0.1, 0.15) is 0 Å². The van der Waals surface area contributed by atoms with Crippen LogP contribution in [0, 0.1) is 6.92 Å². The molecule has 0 aromatic carbocycles. The van der Waals surface area contributed by atoms with Crippen molar-refractivity contribution in [1.29, 1.82) is 0 Å². The third kappa shape index (κ3) is 3.61. The average molecular weight is 328 g/mol. The van der Waals surface area contributed by atoms with Gasteiger partial charge in [0.15, 0.2) is 6.10 Å². The molecule has 24 heavy (non-hydrogen) atoms. The molecule has 126 valence electrons. The van der Waals surface area contributed by atoms with Crippen LogP contribution in [-0.4, -0.2) is 37.6 Å². The molecule has 1 aliphatic heterocycles. The molecule has 7 nitrogen and oxygen atoms in total. The Morgan fingerprint density at radius 1 is 1.42 bits per heavy atom. The second kappa shape index (κ2) is 6.82. The number of esters is 1. The fraction of sp³-hybridized carbons (Fsp3) is 0.412.